The van der Waals surface area contributed by atoms with Gasteiger partial charge in [-0.1, -0.05) is 62.4 Å². The summed E-state index contributed by atoms with van der Waals surface area (Å²) in [6.45, 7) is 11.7. The Morgan fingerprint density at radius 2 is 1.62 bits per heavy atom. The van der Waals surface area contributed by atoms with Crippen molar-refractivity contribution in [1.82, 2.24) is 25.4 Å². The van der Waals surface area contributed by atoms with Crippen LogP contribution in [0.15, 0.2) is 79.0 Å². The van der Waals surface area contributed by atoms with Crippen LogP contribution in [0.3, 0.4) is 0 Å². The number of imide groups is 1. The Morgan fingerprint density at radius 1 is 0.872 bits per heavy atom. The van der Waals surface area contributed by atoms with E-state index in [-0.39, 0.29) is 17.7 Å². The molecule has 0 aliphatic carbocycles. The highest BCUT2D eigenvalue weighted by atomic mass is 16.2. The normalized spacial score (nSPS) is 17.4. The smallest absolute Gasteiger partial charge is 0.234 e. The Hall–Kier alpha value is -4.82. The second kappa shape index (κ2) is 13.1. The number of nitrogens with zero attached hydrogens (tertiary/aromatic N) is 4. The second-order valence-corrected chi connectivity index (χ2v) is 13.3. The van der Waals surface area contributed by atoms with Crippen LogP contribution in [0.4, 0.5) is 5.69 Å². The number of aromatic nitrogens is 3. The van der Waals surface area contributed by atoms with Crippen molar-refractivity contribution in [1.29, 1.82) is 0 Å². The molecule has 240 valence electrons. The maximum atomic E-state index is 12.2. The van der Waals surface area contributed by atoms with E-state index < -0.39 is 0 Å². The van der Waals surface area contributed by atoms with Crippen LogP contribution >= 0.6 is 0 Å². The first kappa shape index (κ1) is 30.8. The summed E-state index contributed by atoms with van der Waals surface area (Å²) < 4.78 is 0. The quantitative estimate of drug-likeness (QED) is 0.188. The Morgan fingerprint density at radius 3 is 2.32 bits per heavy atom. The van der Waals surface area contributed by atoms with Gasteiger partial charge in [0.1, 0.15) is 0 Å². The first-order valence-corrected chi connectivity index (χ1v) is 16.8. The number of anilines is 1. The first-order valence-electron chi connectivity index (χ1n) is 16.8. The minimum atomic E-state index is -0.226. The molecule has 1 atom stereocenters. The van der Waals surface area contributed by atoms with Crippen LogP contribution in [-0.4, -0.2) is 64.6 Å². The number of fused-ring (bicyclic) bond motifs is 1. The number of nitrogens with one attached hydrogen (secondary N) is 2. The molecule has 4 heterocycles. The van der Waals surface area contributed by atoms with E-state index in [1.807, 2.05) is 18.3 Å². The molecule has 8 heteroatoms. The highest BCUT2D eigenvalue weighted by Crippen LogP contribution is 2.32. The van der Waals surface area contributed by atoms with Gasteiger partial charge in [-0.2, -0.15) is 5.10 Å². The molecule has 2 N–H and O–H groups in total. The van der Waals surface area contributed by atoms with Crippen molar-refractivity contribution < 1.29 is 9.59 Å². The molecule has 2 aliphatic heterocycles. The SMILES string of the molecule is Cc1cc(-c2[nH]nc3ncc(-c4ccc(N5CCN(CCc6ccc([C@@H]7CCC(=O)NC7=O)cc6)CC5)cc4)cc23)ccc1C(C)C. The number of carbonyl (C=O) groups is 2. The highest BCUT2D eigenvalue weighted by Gasteiger charge is 2.27. The van der Waals surface area contributed by atoms with Crippen molar-refractivity contribution in [3.63, 3.8) is 0 Å². The molecule has 47 heavy (non-hydrogen) atoms. The van der Waals surface area contributed by atoms with E-state index in [1.165, 1.54) is 22.4 Å². The van der Waals surface area contributed by atoms with Gasteiger partial charge in [-0.3, -0.25) is 24.9 Å². The van der Waals surface area contributed by atoms with Crippen LogP contribution in [0.5, 0.6) is 0 Å². The van der Waals surface area contributed by atoms with Crippen LogP contribution in [-0.2, 0) is 16.0 Å². The highest BCUT2D eigenvalue weighted by molar-refractivity contribution is 6.01. The number of amides is 2. The summed E-state index contributed by atoms with van der Waals surface area (Å²) in [5.74, 6) is -0.0837. The Kier molecular flexibility index (Phi) is 8.60. The number of pyridine rings is 1. The number of H-pyrrole nitrogens is 1. The van der Waals surface area contributed by atoms with E-state index in [1.54, 1.807) is 0 Å². The molecular formula is C39H42N6O2. The molecule has 2 amide bonds. The number of aromatic amines is 1. The lowest BCUT2D eigenvalue weighted by Gasteiger charge is -2.36. The molecule has 5 aromatic rings. The van der Waals surface area contributed by atoms with Crippen molar-refractivity contribution in [2.45, 2.75) is 51.9 Å². The predicted molar refractivity (Wildman–Crippen MR) is 188 cm³/mol. The van der Waals surface area contributed by atoms with Gasteiger partial charge in [0.15, 0.2) is 5.65 Å². The zero-order chi connectivity index (χ0) is 32.5. The summed E-state index contributed by atoms with van der Waals surface area (Å²) in [4.78, 5) is 33.3. The molecule has 2 aromatic heterocycles. The molecular weight excluding hydrogens is 584 g/mol. The lowest BCUT2D eigenvalue weighted by molar-refractivity contribution is -0.134. The van der Waals surface area contributed by atoms with E-state index in [0.717, 1.165) is 78.1 Å². The average molecular weight is 627 g/mol. The minimum Gasteiger partial charge on any atom is -0.369 e. The Labute approximate surface area is 276 Å². The van der Waals surface area contributed by atoms with Crippen molar-refractivity contribution in [2.75, 3.05) is 37.6 Å². The molecule has 2 fully saturated rings. The first-order chi connectivity index (χ1) is 22.8. The van der Waals surface area contributed by atoms with E-state index in [0.29, 0.717) is 18.8 Å². The molecule has 0 spiro atoms. The van der Waals surface area contributed by atoms with Crippen LogP contribution in [0.1, 0.15) is 60.8 Å². The number of carbonyl (C=O) groups excluding carboxylic acids is 2. The molecule has 2 saturated heterocycles. The number of aryl methyl sites for hydroxylation is 1. The van der Waals surface area contributed by atoms with Gasteiger partial charge < -0.3 is 4.90 Å². The minimum absolute atomic E-state index is 0.172. The van der Waals surface area contributed by atoms with Gasteiger partial charge in [0, 0.05) is 67.5 Å². The van der Waals surface area contributed by atoms with E-state index in [4.69, 9.17) is 0 Å². The third kappa shape index (κ3) is 6.56. The van der Waals surface area contributed by atoms with Gasteiger partial charge in [0.05, 0.1) is 11.6 Å². The van der Waals surface area contributed by atoms with Crippen LogP contribution < -0.4 is 10.2 Å². The third-order valence-corrected chi connectivity index (χ3v) is 9.87. The largest absolute Gasteiger partial charge is 0.369 e. The maximum absolute atomic E-state index is 12.2. The molecule has 7 rings (SSSR count). The predicted octanol–water partition coefficient (Wildman–Crippen LogP) is 6.61. The molecule has 2 aliphatic rings. The molecule has 0 saturated carbocycles. The van der Waals surface area contributed by atoms with Gasteiger partial charge in [-0.15, -0.1) is 0 Å². The molecule has 0 radical (unpaired) electrons. The number of benzene rings is 3. The fourth-order valence-corrected chi connectivity index (χ4v) is 7.07. The van der Waals surface area contributed by atoms with Crippen molar-refractivity contribution in [3.05, 3.63) is 101 Å². The van der Waals surface area contributed by atoms with Gasteiger partial charge in [-0.25, -0.2) is 4.98 Å². The van der Waals surface area contributed by atoms with Crippen molar-refractivity contribution >= 4 is 28.5 Å². The van der Waals surface area contributed by atoms with E-state index >= 15 is 0 Å². The molecule has 0 bridgehead atoms. The maximum Gasteiger partial charge on any atom is 0.234 e. The standard InChI is InChI=1S/C39H42N6O2/c1-25(2)33-13-10-30(22-26(33)3)37-35-23-31(24-40-38(35)43-42-37)28-8-11-32(12-9-28)45-20-18-44(19-21-45)17-16-27-4-6-29(7-5-27)34-14-15-36(46)41-39(34)47/h4-13,22-25,34H,14-21H2,1-3H3,(H,40,42,43)(H,41,46,47)/t34-/m0/s1. The topological polar surface area (TPSA) is 94.2 Å². The molecule has 0 unspecified atom stereocenters. The lowest BCUT2D eigenvalue weighted by atomic mass is 9.90. The Balaban J connectivity index is 0.948. The average Bonchev–Trinajstić information content (AvgIpc) is 3.51. The zero-order valence-electron chi connectivity index (χ0n) is 27.4. The summed E-state index contributed by atoms with van der Waals surface area (Å²) in [6.07, 6.45) is 3.88. The van der Waals surface area contributed by atoms with E-state index in [2.05, 4.69) is 112 Å². The fourth-order valence-electron chi connectivity index (χ4n) is 7.07. The number of piperazine rings is 1. The summed E-state index contributed by atoms with van der Waals surface area (Å²) in [7, 11) is 0. The van der Waals surface area contributed by atoms with E-state index in [9.17, 15) is 9.59 Å². The summed E-state index contributed by atoms with van der Waals surface area (Å²) >= 11 is 0. The molecule has 3 aromatic carbocycles. The summed E-state index contributed by atoms with van der Waals surface area (Å²) in [6, 6.07) is 26.0. The van der Waals surface area contributed by atoms with Crippen molar-refractivity contribution in [2.24, 2.45) is 0 Å². The van der Waals surface area contributed by atoms with Gasteiger partial charge in [0.25, 0.3) is 0 Å². The summed E-state index contributed by atoms with van der Waals surface area (Å²) in [5.41, 5.74) is 11.3. The fraction of sp³-hybridized carbons (Fsp3) is 0.333. The number of hydrogen-bond acceptors (Lipinski definition) is 6. The summed E-state index contributed by atoms with van der Waals surface area (Å²) in [5, 5.41) is 11.2. The lowest BCUT2D eigenvalue weighted by Crippen LogP contribution is -2.47. The van der Waals surface area contributed by atoms with Gasteiger partial charge in [0.2, 0.25) is 11.8 Å². The monoisotopic (exact) mass is 626 g/mol. The number of piperidine rings is 1. The van der Waals surface area contributed by atoms with Gasteiger partial charge in [-0.05, 0) is 77.8 Å². The second-order valence-electron chi connectivity index (χ2n) is 13.3. The zero-order valence-corrected chi connectivity index (χ0v) is 27.4. The third-order valence-electron chi connectivity index (χ3n) is 9.87. The van der Waals surface area contributed by atoms with Crippen LogP contribution in [0.2, 0.25) is 0 Å². The molecule has 8 nitrogen and oxygen atoms in total. The van der Waals surface area contributed by atoms with Crippen LogP contribution in [0, 0.1) is 6.92 Å². The Bertz CT molecular complexity index is 1900. The number of hydrogen-bond donors (Lipinski definition) is 2. The van der Waals surface area contributed by atoms with Gasteiger partial charge >= 0.3 is 0 Å². The van der Waals surface area contributed by atoms with Crippen LogP contribution in [0.25, 0.3) is 33.4 Å². The number of rotatable bonds is 8. The van der Waals surface area contributed by atoms with Crippen molar-refractivity contribution in [3.8, 4) is 22.4 Å².